The highest BCUT2D eigenvalue weighted by Gasteiger charge is 2.27. The zero-order chi connectivity index (χ0) is 16.8. The van der Waals surface area contributed by atoms with Crippen LogP contribution in [0.15, 0.2) is 48.8 Å². The molecule has 0 saturated heterocycles. The zero-order valence-electron chi connectivity index (χ0n) is 14.4. The Morgan fingerprint density at radius 1 is 1.04 bits per heavy atom. The molecule has 1 aromatic carbocycles. The SMILES string of the molecule is CCc1ccc(CN(Cc2cccnc2)C(=O)C2CCCC2)cc1. The smallest absolute Gasteiger partial charge is 0.226 e. The minimum atomic E-state index is 0.205. The monoisotopic (exact) mass is 322 g/mol. The molecule has 0 bridgehead atoms. The Hall–Kier alpha value is -2.16. The van der Waals surface area contributed by atoms with Crippen LogP contribution in [0.25, 0.3) is 0 Å². The molecule has 3 rings (SSSR count). The summed E-state index contributed by atoms with van der Waals surface area (Å²) in [6, 6.07) is 12.6. The Labute approximate surface area is 144 Å². The molecular weight excluding hydrogens is 296 g/mol. The summed E-state index contributed by atoms with van der Waals surface area (Å²) >= 11 is 0. The highest BCUT2D eigenvalue weighted by molar-refractivity contribution is 5.79. The summed E-state index contributed by atoms with van der Waals surface area (Å²) in [7, 11) is 0. The number of carbonyl (C=O) groups is 1. The van der Waals surface area contributed by atoms with E-state index in [1.807, 2.05) is 23.2 Å². The Bertz CT molecular complexity index is 645. The van der Waals surface area contributed by atoms with E-state index < -0.39 is 0 Å². The lowest BCUT2D eigenvalue weighted by atomic mass is 10.0. The number of benzene rings is 1. The van der Waals surface area contributed by atoms with Crippen molar-refractivity contribution < 1.29 is 4.79 Å². The minimum absolute atomic E-state index is 0.205. The predicted octanol–water partition coefficient (Wildman–Crippen LogP) is 4.36. The molecule has 126 valence electrons. The molecule has 0 radical (unpaired) electrons. The number of pyridine rings is 1. The van der Waals surface area contributed by atoms with Crippen LogP contribution in [0, 0.1) is 5.92 Å². The average molecular weight is 322 g/mol. The van der Waals surface area contributed by atoms with Crippen molar-refractivity contribution in [2.24, 2.45) is 5.92 Å². The van der Waals surface area contributed by atoms with Crippen molar-refractivity contribution in [3.63, 3.8) is 0 Å². The normalized spacial score (nSPS) is 14.7. The summed E-state index contributed by atoms with van der Waals surface area (Å²) in [5.74, 6) is 0.507. The molecule has 3 heteroatoms. The second kappa shape index (κ2) is 8.09. The number of hydrogen-bond donors (Lipinski definition) is 0. The molecule has 0 atom stereocenters. The van der Waals surface area contributed by atoms with Crippen molar-refractivity contribution in [3.8, 4) is 0 Å². The van der Waals surface area contributed by atoms with Gasteiger partial charge in [0.05, 0.1) is 0 Å². The summed E-state index contributed by atoms with van der Waals surface area (Å²) in [5.41, 5.74) is 3.62. The summed E-state index contributed by atoms with van der Waals surface area (Å²) in [5, 5.41) is 0. The van der Waals surface area contributed by atoms with E-state index in [0.717, 1.165) is 24.8 Å². The number of hydrogen-bond acceptors (Lipinski definition) is 2. The van der Waals surface area contributed by atoms with Gasteiger partial charge in [0.2, 0.25) is 5.91 Å². The molecular formula is C21H26N2O. The maximum Gasteiger partial charge on any atom is 0.226 e. The molecule has 0 aliphatic heterocycles. The van der Waals surface area contributed by atoms with Gasteiger partial charge < -0.3 is 4.90 Å². The van der Waals surface area contributed by atoms with Crippen LogP contribution in [0.3, 0.4) is 0 Å². The van der Waals surface area contributed by atoms with E-state index in [9.17, 15) is 4.79 Å². The maximum absolute atomic E-state index is 13.0. The minimum Gasteiger partial charge on any atom is -0.334 e. The standard InChI is InChI=1S/C21H26N2O/c1-2-17-9-11-18(12-10-17)15-23(16-19-6-5-13-22-14-19)21(24)20-7-3-4-8-20/h5-6,9-14,20H,2-4,7-8,15-16H2,1H3. The van der Waals surface area contributed by atoms with Gasteiger partial charge in [0.1, 0.15) is 0 Å². The van der Waals surface area contributed by atoms with Gasteiger partial charge in [-0.05, 0) is 42.0 Å². The van der Waals surface area contributed by atoms with E-state index in [4.69, 9.17) is 0 Å². The molecule has 0 spiro atoms. The topological polar surface area (TPSA) is 33.2 Å². The number of aromatic nitrogens is 1. The van der Waals surface area contributed by atoms with Gasteiger partial charge in [-0.15, -0.1) is 0 Å². The quantitative estimate of drug-likeness (QED) is 0.791. The third kappa shape index (κ3) is 4.22. The molecule has 1 fully saturated rings. The van der Waals surface area contributed by atoms with Crippen molar-refractivity contribution >= 4 is 5.91 Å². The first-order chi connectivity index (χ1) is 11.8. The molecule has 1 amide bonds. The van der Waals surface area contributed by atoms with E-state index >= 15 is 0 Å². The zero-order valence-corrected chi connectivity index (χ0v) is 14.4. The largest absolute Gasteiger partial charge is 0.334 e. The fourth-order valence-corrected chi connectivity index (χ4v) is 3.46. The molecule has 1 aliphatic carbocycles. The van der Waals surface area contributed by atoms with E-state index in [0.29, 0.717) is 19.0 Å². The van der Waals surface area contributed by atoms with Gasteiger partial charge in [0.25, 0.3) is 0 Å². The molecule has 1 heterocycles. The number of carbonyl (C=O) groups excluding carboxylic acids is 1. The molecule has 0 N–H and O–H groups in total. The third-order valence-corrected chi connectivity index (χ3v) is 4.92. The Morgan fingerprint density at radius 3 is 2.33 bits per heavy atom. The fraction of sp³-hybridized carbons (Fsp3) is 0.429. The predicted molar refractivity (Wildman–Crippen MR) is 96.3 cm³/mol. The van der Waals surface area contributed by atoms with Crippen LogP contribution in [0.1, 0.15) is 49.3 Å². The van der Waals surface area contributed by atoms with Crippen molar-refractivity contribution in [2.45, 2.75) is 52.1 Å². The lowest BCUT2D eigenvalue weighted by molar-refractivity contribution is -0.136. The van der Waals surface area contributed by atoms with Gasteiger partial charge in [0.15, 0.2) is 0 Å². The van der Waals surface area contributed by atoms with Gasteiger partial charge >= 0.3 is 0 Å². The van der Waals surface area contributed by atoms with Gasteiger partial charge in [-0.25, -0.2) is 0 Å². The molecule has 2 aromatic rings. The molecule has 24 heavy (non-hydrogen) atoms. The Balaban J connectivity index is 1.76. The summed E-state index contributed by atoms with van der Waals surface area (Å²) in [6.07, 6.45) is 9.12. The van der Waals surface area contributed by atoms with E-state index in [-0.39, 0.29) is 5.92 Å². The number of amides is 1. The van der Waals surface area contributed by atoms with Crippen molar-refractivity contribution in [1.29, 1.82) is 0 Å². The summed E-state index contributed by atoms with van der Waals surface area (Å²) < 4.78 is 0. The van der Waals surface area contributed by atoms with Crippen LogP contribution >= 0.6 is 0 Å². The van der Waals surface area contributed by atoms with Crippen LogP contribution in [-0.4, -0.2) is 15.8 Å². The second-order valence-electron chi connectivity index (χ2n) is 6.71. The average Bonchev–Trinajstić information content (AvgIpc) is 3.17. The van der Waals surface area contributed by atoms with Crippen molar-refractivity contribution in [2.75, 3.05) is 0 Å². The number of nitrogens with zero attached hydrogens (tertiary/aromatic N) is 2. The Kier molecular flexibility index (Phi) is 5.63. The van der Waals surface area contributed by atoms with Crippen molar-refractivity contribution in [3.05, 3.63) is 65.5 Å². The Morgan fingerprint density at radius 2 is 1.71 bits per heavy atom. The molecule has 0 unspecified atom stereocenters. The van der Waals surface area contributed by atoms with E-state index in [1.54, 1.807) is 6.20 Å². The molecule has 1 aromatic heterocycles. The first kappa shape index (κ1) is 16.7. The van der Waals surface area contributed by atoms with Crippen LogP contribution in [0.4, 0.5) is 0 Å². The van der Waals surface area contributed by atoms with Crippen LogP contribution in [-0.2, 0) is 24.3 Å². The highest BCUT2D eigenvalue weighted by atomic mass is 16.2. The molecule has 3 nitrogen and oxygen atoms in total. The van der Waals surface area contributed by atoms with Gasteiger partial charge in [-0.3, -0.25) is 9.78 Å². The van der Waals surface area contributed by atoms with Crippen LogP contribution in [0.5, 0.6) is 0 Å². The second-order valence-corrected chi connectivity index (χ2v) is 6.71. The molecule has 1 saturated carbocycles. The highest BCUT2D eigenvalue weighted by Crippen LogP contribution is 2.27. The fourth-order valence-electron chi connectivity index (χ4n) is 3.46. The lowest BCUT2D eigenvalue weighted by Gasteiger charge is -2.26. The van der Waals surface area contributed by atoms with Crippen molar-refractivity contribution in [1.82, 2.24) is 9.88 Å². The van der Waals surface area contributed by atoms with Gasteiger partial charge in [0, 0.05) is 31.4 Å². The third-order valence-electron chi connectivity index (χ3n) is 4.92. The number of aryl methyl sites for hydroxylation is 1. The first-order valence-electron chi connectivity index (χ1n) is 9.01. The first-order valence-corrected chi connectivity index (χ1v) is 9.01. The number of rotatable bonds is 6. The lowest BCUT2D eigenvalue weighted by Crippen LogP contribution is -2.34. The molecule has 1 aliphatic rings. The van der Waals surface area contributed by atoms with Crippen LogP contribution in [0.2, 0.25) is 0 Å². The van der Waals surface area contributed by atoms with E-state index in [1.165, 1.54) is 24.0 Å². The summed E-state index contributed by atoms with van der Waals surface area (Å²) in [4.78, 5) is 19.2. The van der Waals surface area contributed by atoms with Gasteiger partial charge in [-0.2, -0.15) is 0 Å². The van der Waals surface area contributed by atoms with Gasteiger partial charge in [-0.1, -0.05) is 50.1 Å². The maximum atomic E-state index is 13.0. The van der Waals surface area contributed by atoms with Crippen LogP contribution < -0.4 is 0 Å². The summed E-state index contributed by atoms with van der Waals surface area (Å²) in [6.45, 7) is 3.47. The van der Waals surface area contributed by atoms with E-state index in [2.05, 4.69) is 36.2 Å².